The molecule has 1 saturated heterocycles. The predicted octanol–water partition coefficient (Wildman–Crippen LogP) is 0.959. The van der Waals surface area contributed by atoms with Gasteiger partial charge >= 0.3 is 0 Å². The van der Waals surface area contributed by atoms with Crippen LogP contribution in [0.5, 0.6) is 0 Å². The van der Waals surface area contributed by atoms with Crippen molar-refractivity contribution in [2.45, 2.75) is 13.8 Å². The Kier molecular flexibility index (Phi) is 5.35. The van der Waals surface area contributed by atoms with Crippen molar-refractivity contribution in [1.29, 1.82) is 5.26 Å². The number of rotatable bonds is 4. The second kappa shape index (κ2) is 7.68. The molecule has 1 fully saturated rings. The van der Waals surface area contributed by atoms with E-state index in [4.69, 9.17) is 4.74 Å². The Bertz CT molecular complexity index is 863. The van der Waals surface area contributed by atoms with Gasteiger partial charge in [-0.15, -0.1) is 0 Å². The first-order chi connectivity index (χ1) is 12.5. The van der Waals surface area contributed by atoms with Gasteiger partial charge in [-0.05, 0) is 37.6 Å². The van der Waals surface area contributed by atoms with Crippen LogP contribution in [-0.2, 0) is 9.53 Å². The number of amides is 1. The van der Waals surface area contributed by atoms with Crippen LogP contribution in [0.1, 0.15) is 16.8 Å². The van der Waals surface area contributed by atoms with Gasteiger partial charge < -0.3 is 15.0 Å². The lowest BCUT2D eigenvalue weighted by Crippen LogP contribution is -3.15. The normalized spacial score (nSPS) is 14.8. The molecule has 0 radical (unpaired) electrons. The molecule has 0 unspecified atom stereocenters. The molecule has 0 atom stereocenters. The first kappa shape index (κ1) is 18.1. The summed E-state index contributed by atoms with van der Waals surface area (Å²) in [6, 6.07) is 8.26. The molecule has 0 bridgehead atoms. The standard InChI is InChI=1S/C19H21FN4O2/c1-13-14(2)24(16-5-3-4-15(20)10-16)19(17(13)11-21)22-18(25)12-23-6-8-26-9-7-23/h3-5,10H,6-9,12H2,1-2H3,(H,22,25)/p+1. The number of nitriles is 1. The maximum atomic E-state index is 13.7. The Morgan fingerprint density at radius 3 is 2.77 bits per heavy atom. The maximum Gasteiger partial charge on any atom is 0.280 e. The van der Waals surface area contributed by atoms with E-state index < -0.39 is 0 Å². The third kappa shape index (κ3) is 3.62. The second-order valence-electron chi connectivity index (χ2n) is 6.45. The highest BCUT2D eigenvalue weighted by Crippen LogP contribution is 2.30. The van der Waals surface area contributed by atoms with Gasteiger partial charge in [-0.1, -0.05) is 6.07 Å². The molecule has 7 heteroatoms. The third-order valence-electron chi connectivity index (χ3n) is 4.76. The van der Waals surface area contributed by atoms with Gasteiger partial charge in [0, 0.05) is 5.69 Å². The van der Waals surface area contributed by atoms with Gasteiger partial charge in [0.1, 0.15) is 30.8 Å². The monoisotopic (exact) mass is 357 g/mol. The molecule has 2 aromatic rings. The quantitative estimate of drug-likeness (QED) is 0.856. The fraction of sp³-hybridized carbons (Fsp3) is 0.368. The van der Waals surface area contributed by atoms with Crippen LogP contribution in [0.3, 0.4) is 0 Å². The van der Waals surface area contributed by atoms with E-state index in [1.165, 1.54) is 12.1 Å². The average Bonchev–Trinajstić information content (AvgIpc) is 2.85. The molecule has 0 aliphatic carbocycles. The van der Waals surface area contributed by atoms with E-state index in [0.717, 1.165) is 29.2 Å². The number of aromatic nitrogens is 1. The third-order valence-corrected chi connectivity index (χ3v) is 4.76. The molecule has 1 aromatic heterocycles. The van der Waals surface area contributed by atoms with E-state index in [2.05, 4.69) is 11.4 Å². The zero-order valence-corrected chi connectivity index (χ0v) is 14.9. The number of nitrogens with one attached hydrogen (secondary N) is 2. The number of nitrogens with zero attached hydrogens (tertiary/aromatic N) is 2. The van der Waals surface area contributed by atoms with Crippen LogP contribution in [0.4, 0.5) is 10.2 Å². The highest BCUT2D eigenvalue weighted by atomic mass is 19.1. The molecular formula is C19H22FN4O2+. The summed E-state index contributed by atoms with van der Waals surface area (Å²) in [5.41, 5.74) is 2.53. The molecule has 136 valence electrons. The van der Waals surface area contributed by atoms with E-state index >= 15 is 0 Å². The second-order valence-corrected chi connectivity index (χ2v) is 6.45. The van der Waals surface area contributed by atoms with Crippen molar-refractivity contribution >= 4 is 11.7 Å². The Hall–Kier alpha value is -2.69. The minimum absolute atomic E-state index is 0.173. The van der Waals surface area contributed by atoms with E-state index in [1.807, 2.05) is 13.8 Å². The Labute approximate surface area is 151 Å². The number of halogens is 1. The van der Waals surface area contributed by atoms with Crippen LogP contribution in [0.25, 0.3) is 5.69 Å². The van der Waals surface area contributed by atoms with Crippen molar-refractivity contribution in [3.8, 4) is 11.8 Å². The number of ether oxygens (including phenoxy) is 1. The van der Waals surface area contributed by atoms with Crippen molar-refractivity contribution in [2.75, 3.05) is 38.2 Å². The summed E-state index contributed by atoms with van der Waals surface area (Å²) < 4.78 is 20.7. The maximum absolute atomic E-state index is 13.7. The molecule has 1 aliphatic rings. The number of hydrogen-bond donors (Lipinski definition) is 2. The Balaban J connectivity index is 1.93. The lowest BCUT2D eigenvalue weighted by atomic mass is 10.2. The molecule has 2 N–H and O–H groups in total. The van der Waals surface area contributed by atoms with Gasteiger partial charge in [0.25, 0.3) is 5.91 Å². The summed E-state index contributed by atoms with van der Waals surface area (Å²) >= 11 is 0. The van der Waals surface area contributed by atoms with Crippen LogP contribution >= 0.6 is 0 Å². The molecule has 0 spiro atoms. The number of morpholine rings is 1. The van der Waals surface area contributed by atoms with Crippen LogP contribution in [0.15, 0.2) is 24.3 Å². The summed E-state index contributed by atoms with van der Waals surface area (Å²) in [6.07, 6.45) is 0. The minimum atomic E-state index is -0.373. The van der Waals surface area contributed by atoms with E-state index in [-0.39, 0.29) is 11.7 Å². The van der Waals surface area contributed by atoms with Gasteiger partial charge in [0.05, 0.1) is 24.5 Å². The largest absolute Gasteiger partial charge is 0.370 e. The van der Waals surface area contributed by atoms with Crippen LogP contribution < -0.4 is 10.2 Å². The molecule has 2 heterocycles. The fourth-order valence-electron chi connectivity index (χ4n) is 3.24. The van der Waals surface area contributed by atoms with Crippen LogP contribution in [0.2, 0.25) is 0 Å². The molecule has 3 rings (SSSR count). The lowest BCUT2D eigenvalue weighted by Gasteiger charge is -2.23. The summed E-state index contributed by atoms with van der Waals surface area (Å²) in [5.74, 6) is -0.152. The zero-order chi connectivity index (χ0) is 18.7. The summed E-state index contributed by atoms with van der Waals surface area (Å²) in [5, 5.41) is 12.4. The van der Waals surface area contributed by atoms with Gasteiger partial charge in [0.15, 0.2) is 6.54 Å². The summed E-state index contributed by atoms with van der Waals surface area (Å²) in [7, 11) is 0. The average molecular weight is 357 g/mol. The molecule has 1 aliphatic heterocycles. The molecular weight excluding hydrogens is 335 g/mol. The van der Waals surface area contributed by atoms with E-state index in [1.54, 1.807) is 16.7 Å². The fourth-order valence-corrected chi connectivity index (χ4v) is 3.24. The number of hydrogen-bond acceptors (Lipinski definition) is 3. The highest BCUT2D eigenvalue weighted by Gasteiger charge is 2.23. The van der Waals surface area contributed by atoms with Crippen molar-refractivity contribution < 1.29 is 18.8 Å². The van der Waals surface area contributed by atoms with E-state index in [9.17, 15) is 14.4 Å². The number of anilines is 1. The molecule has 26 heavy (non-hydrogen) atoms. The highest BCUT2D eigenvalue weighted by molar-refractivity contribution is 5.93. The van der Waals surface area contributed by atoms with Crippen molar-refractivity contribution in [3.05, 3.63) is 46.9 Å². The molecule has 6 nitrogen and oxygen atoms in total. The summed E-state index contributed by atoms with van der Waals surface area (Å²) in [6.45, 7) is 6.83. The van der Waals surface area contributed by atoms with Gasteiger partial charge in [-0.25, -0.2) is 4.39 Å². The Morgan fingerprint density at radius 1 is 1.38 bits per heavy atom. The number of carbonyl (C=O) groups is 1. The van der Waals surface area contributed by atoms with Gasteiger partial charge in [-0.3, -0.25) is 9.36 Å². The van der Waals surface area contributed by atoms with Gasteiger partial charge in [0.2, 0.25) is 0 Å². The predicted molar refractivity (Wildman–Crippen MR) is 94.9 cm³/mol. The van der Waals surface area contributed by atoms with Crippen LogP contribution in [-0.4, -0.2) is 43.3 Å². The van der Waals surface area contributed by atoms with Crippen LogP contribution in [0, 0.1) is 31.0 Å². The van der Waals surface area contributed by atoms with Crippen molar-refractivity contribution in [1.82, 2.24) is 4.57 Å². The topological polar surface area (TPSA) is 71.5 Å². The van der Waals surface area contributed by atoms with Gasteiger partial charge in [-0.2, -0.15) is 5.26 Å². The molecule has 0 saturated carbocycles. The smallest absolute Gasteiger partial charge is 0.280 e. The summed E-state index contributed by atoms with van der Waals surface area (Å²) in [4.78, 5) is 13.7. The lowest BCUT2D eigenvalue weighted by molar-refractivity contribution is -0.899. The number of quaternary nitrogens is 1. The first-order valence-corrected chi connectivity index (χ1v) is 8.60. The first-order valence-electron chi connectivity index (χ1n) is 8.60. The minimum Gasteiger partial charge on any atom is -0.370 e. The Morgan fingerprint density at radius 2 is 2.12 bits per heavy atom. The number of carbonyl (C=O) groups excluding carboxylic acids is 1. The van der Waals surface area contributed by atoms with Crippen molar-refractivity contribution in [2.24, 2.45) is 0 Å². The zero-order valence-electron chi connectivity index (χ0n) is 14.9. The SMILES string of the molecule is Cc1c(C#N)c(NC(=O)C[NH+]2CCOCC2)n(-c2cccc(F)c2)c1C. The van der Waals surface area contributed by atoms with E-state index in [0.29, 0.717) is 36.8 Å². The molecule has 1 amide bonds. The number of benzene rings is 1. The molecule has 1 aromatic carbocycles. The van der Waals surface area contributed by atoms with Crippen molar-refractivity contribution in [3.63, 3.8) is 0 Å².